The maximum Gasteiger partial charge on any atom is 0.250 e. The summed E-state index contributed by atoms with van der Waals surface area (Å²) in [6.45, 7) is 8.77. The minimum Gasteiger partial charge on any atom is -0.357 e. The van der Waals surface area contributed by atoms with Gasteiger partial charge in [-0.1, -0.05) is 30.3 Å². The lowest BCUT2D eigenvalue weighted by Crippen LogP contribution is -2.37. The summed E-state index contributed by atoms with van der Waals surface area (Å²) in [5.41, 5.74) is 5.60. The third kappa shape index (κ3) is 5.37. The zero-order valence-electron chi connectivity index (χ0n) is 18.1. The van der Waals surface area contributed by atoms with Crippen LogP contribution in [0.15, 0.2) is 58.4 Å². The molecule has 3 rings (SSSR count). The number of nitrogens with zero attached hydrogens (tertiary/aromatic N) is 4. The first-order valence-electron chi connectivity index (χ1n) is 10.2. The molecule has 0 aliphatic rings. The second kappa shape index (κ2) is 9.91. The van der Waals surface area contributed by atoms with Gasteiger partial charge in [0, 0.05) is 43.7 Å². The summed E-state index contributed by atoms with van der Waals surface area (Å²) < 4.78 is 3.60. The smallest absolute Gasteiger partial charge is 0.250 e. The zero-order valence-corrected chi connectivity index (χ0v) is 18.1. The van der Waals surface area contributed by atoms with Crippen LogP contribution < -0.4 is 16.2 Å². The number of hydrogen-bond donors (Lipinski definition) is 2. The van der Waals surface area contributed by atoms with Gasteiger partial charge in [-0.15, -0.1) is 0 Å². The molecule has 0 aliphatic carbocycles. The highest BCUT2D eigenvalue weighted by Gasteiger charge is 2.09. The number of hydrogen-bond acceptors (Lipinski definition) is 3. The van der Waals surface area contributed by atoms with Crippen LogP contribution in [0.3, 0.4) is 0 Å². The molecule has 0 saturated carbocycles. The van der Waals surface area contributed by atoms with Crippen molar-refractivity contribution in [2.75, 3.05) is 6.54 Å². The first-order chi connectivity index (χ1) is 14.5. The molecule has 0 bridgehead atoms. The summed E-state index contributed by atoms with van der Waals surface area (Å²) >= 11 is 0. The van der Waals surface area contributed by atoms with Crippen LogP contribution in [0.25, 0.3) is 0 Å². The van der Waals surface area contributed by atoms with Crippen molar-refractivity contribution in [2.45, 2.75) is 40.4 Å². The van der Waals surface area contributed by atoms with E-state index in [-0.39, 0.29) is 5.56 Å². The van der Waals surface area contributed by atoms with E-state index in [0.29, 0.717) is 19.6 Å². The van der Waals surface area contributed by atoms with Gasteiger partial charge in [0.25, 0.3) is 5.56 Å². The van der Waals surface area contributed by atoms with Crippen molar-refractivity contribution in [1.29, 1.82) is 0 Å². The van der Waals surface area contributed by atoms with Gasteiger partial charge in [-0.05, 0) is 38.0 Å². The van der Waals surface area contributed by atoms with E-state index < -0.39 is 0 Å². The van der Waals surface area contributed by atoms with Gasteiger partial charge < -0.3 is 15.2 Å². The number of aryl methyl sites for hydroxylation is 2. The standard InChI is InChI=1S/C23H30N6O/c1-5-24-23(26-15-21-17(2)27-28(4)18(21)3)25-14-19-9-11-20(12-10-19)16-29-13-7-6-8-22(29)30/h6-13H,5,14-16H2,1-4H3,(H2,24,25,26). The first kappa shape index (κ1) is 21.4. The molecule has 0 aliphatic heterocycles. The molecule has 1 aromatic carbocycles. The van der Waals surface area contributed by atoms with Gasteiger partial charge in [-0.3, -0.25) is 9.48 Å². The Bertz CT molecular complexity index is 1060. The second-order valence-corrected chi connectivity index (χ2v) is 7.30. The Morgan fingerprint density at radius 2 is 1.80 bits per heavy atom. The van der Waals surface area contributed by atoms with E-state index in [4.69, 9.17) is 4.99 Å². The molecule has 0 atom stereocenters. The van der Waals surface area contributed by atoms with Crippen molar-refractivity contribution in [3.63, 3.8) is 0 Å². The van der Waals surface area contributed by atoms with E-state index in [1.54, 1.807) is 22.9 Å². The predicted molar refractivity (Wildman–Crippen MR) is 121 cm³/mol. The SMILES string of the molecule is CCNC(=NCc1ccc(Cn2ccccc2=O)cc1)NCc1c(C)nn(C)c1C. The highest BCUT2D eigenvalue weighted by Crippen LogP contribution is 2.11. The number of pyridine rings is 1. The largest absolute Gasteiger partial charge is 0.357 e. The van der Waals surface area contributed by atoms with Crippen molar-refractivity contribution in [2.24, 2.45) is 12.0 Å². The Kier molecular flexibility index (Phi) is 7.06. The van der Waals surface area contributed by atoms with Crippen LogP contribution >= 0.6 is 0 Å². The summed E-state index contributed by atoms with van der Waals surface area (Å²) in [5, 5.41) is 11.2. The Hall–Kier alpha value is -3.35. The van der Waals surface area contributed by atoms with Crippen LogP contribution in [0, 0.1) is 13.8 Å². The van der Waals surface area contributed by atoms with Crippen molar-refractivity contribution >= 4 is 5.96 Å². The number of aliphatic imine (C=N–C) groups is 1. The van der Waals surface area contributed by atoms with Crippen molar-refractivity contribution < 1.29 is 0 Å². The zero-order chi connectivity index (χ0) is 21.5. The molecule has 0 radical (unpaired) electrons. The van der Waals surface area contributed by atoms with E-state index in [9.17, 15) is 4.79 Å². The van der Waals surface area contributed by atoms with Crippen molar-refractivity contribution in [3.05, 3.63) is 87.1 Å². The average Bonchev–Trinajstić information content (AvgIpc) is 2.98. The van der Waals surface area contributed by atoms with Crippen LogP contribution in [0.1, 0.15) is 35.0 Å². The third-order valence-electron chi connectivity index (χ3n) is 5.13. The van der Waals surface area contributed by atoms with E-state index in [1.807, 2.05) is 36.9 Å². The van der Waals surface area contributed by atoms with Gasteiger partial charge >= 0.3 is 0 Å². The average molecular weight is 407 g/mol. The van der Waals surface area contributed by atoms with Crippen LogP contribution in [0.2, 0.25) is 0 Å². The van der Waals surface area contributed by atoms with Crippen LogP contribution in [0.5, 0.6) is 0 Å². The number of guanidine groups is 1. The summed E-state index contributed by atoms with van der Waals surface area (Å²) in [4.78, 5) is 16.6. The minimum atomic E-state index is 0.00613. The topological polar surface area (TPSA) is 76.2 Å². The normalized spacial score (nSPS) is 11.5. The Morgan fingerprint density at radius 3 is 2.43 bits per heavy atom. The molecule has 7 heteroatoms. The molecule has 3 aromatic rings. The Morgan fingerprint density at radius 1 is 1.07 bits per heavy atom. The molecule has 2 N–H and O–H groups in total. The molecular formula is C23H30N6O. The number of benzene rings is 1. The highest BCUT2D eigenvalue weighted by molar-refractivity contribution is 5.79. The molecule has 30 heavy (non-hydrogen) atoms. The molecule has 7 nitrogen and oxygen atoms in total. The molecule has 0 unspecified atom stereocenters. The van der Waals surface area contributed by atoms with Crippen LogP contribution in [0.4, 0.5) is 0 Å². The molecule has 158 valence electrons. The second-order valence-electron chi connectivity index (χ2n) is 7.30. The van der Waals surface area contributed by atoms with E-state index in [1.165, 1.54) is 5.56 Å². The fourth-order valence-corrected chi connectivity index (χ4v) is 3.30. The van der Waals surface area contributed by atoms with Crippen LogP contribution in [-0.2, 0) is 26.7 Å². The molecule has 0 amide bonds. The molecule has 2 aromatic heterocycles. The van der Waals surface area contributed by atoms with Gasteiger partial charge in [0.1, 0.15) is 0 Å². The fourth-order valence-electron chi connectivity index (χ4n) is 3.30. The van der Waals surface area contributed by atoms with E-state index in [2.05, 4.69) is 41.7 Å². The lowest BCUT2D eigenvalue weighted by Gasteiger charge is -2.12. The van der Waals surface area contributed by atoms with Crippen molar-refractivity contribution in [3.8, 4) is 0 Å². The van der Waals surface area contributed by atoms with Gasteiger partial charge in [-0.2, -0.15) is 5.10 Å². The van der Waals surface area contributed by atoms with Gasteiger partial charge in [0.15, 0.2) is 5.96 Å². The molecule has 0 saturated heterocycles. The third-order valence-corrected chi connectivity index (χ3v) is 5.13. The van der Waals surface area contributed by atoms with Gasteiger partial charge in [0.05, 0.1) is 18.8 Å². The maximum absolute atomic E-state index is 11.9. The monoisotopic (exact) mass is 406 g/mol. The summed E-state index contributed by atoms with van der Waals surface area (Å²) in [5.74, 6) is 0.778. The molecule has 0 fully saturated rings. The summed E-state index contributed by atoms with van der Waals surface area (Å²) in [7, 11) is 1.96. The highest BCUT2D eigenvalue weighted by atomic mass is 16.1. The maximum atomic E-state index is 11.9. The number of rotatable bonds is 7. The first-order valence-corrected chi connectivity index (χ1v) is 10.2. The van der Waals surface area contributed by atoms with E-state index >= 15 is 0 Å². The lowest BCUT2D eigenvalue weighted by molar-refractivity contribution is 0.728. The predicted octanol–water partition coefficient (Wildman–Crippen LogP) is 2.50. The fraction of sp³-hybridized carbons (Fsp3) is 0.348. The summed E-state index contributed by atoms with van der Waals surface area (Å²) in [6.07, 6.45) is 1.81. The Labute approximate surface area is 177 Å². The minimum absolute atomic E-state index is 0.00613. The van der Waals surface area contributed by atoms with Gasteiger partial charge in [-0.25, -0.2) is 4.99 Å². The van der Waals surface area contributed by atoms with Crippen LogP contribution in [-0.4, -0.2) is 26.9 Å². The Balaban J connectivity index is 1.62. The van der Waals surface area contributed by atoms with Crippen molar-refractivity contribution in [1.82, 2.24) is 25.0 Å². The summed E-state index contributed by atoms with van der Waals surface area (Å²) in [6, 6.07) is 13.4. The molecule has 2 heterocycles. The lowest BCUT2D eigenvalue weighted by atomic mass is 10.1. The number of aromatic nitrogens is 3. The quantitative estimate of drug-likeness (QED) is 0.467. The number of nitrogens with one attached hydrogen (secondary N) is 2. The molecular weight excluding hydrogens is 376 g/mol. The van der Waals surface area contributed by atoms with Gasteiger partial charge in [0.2, 0.25) is 0 Å². The molecule has 0 spiro atoms. The van der Waals surface area contributed by atoms with E-state index in [0.717, 1.165) is 35.0 Å².